The predicted octanol–water partition coefficient (Wildman–Crippen LogP) is 1.62. The third kappa shape index (κ3) is 3.61. The number of carbonyl (C=O) groups is 2. The number of aliphatic hydroxyl groups excluding tert-OH is 1. The summed E-state index contributed by atoms with van der Waals surface area (Å²) < 4.78 is 0. The Morgan fingerprint density at radius 2 is 2.00 bits per heavy atom. The van der Waals surface area contributed by atoms with E-state index in [1.54, 1.807) is 19.3 Å². The van der Waals surface area contributed by atoms with Crippen molar-refractivity contribution in [1.82, 2.24) is 14.8 Å². The highest BCUT2D eigenvalue weighted by Gasteiger charge is 2.50. The molecule has 2 amide bonds. The average molecular weight is 359 g/mol. The van der Waals surface area contributed by atoms with Crippen LogP contribution in [0.3, 0.4) is 0 Å². The first-order valence-electron chi connectivity index (χ1n) is 9.36. The van der Waals surface area contributed by atoms with E-state index in [1.807, 2.05) is 35.8 Å². The van der Waals surface area contributed by atoms with Crippen LogP contribution in [0.2, 0.25) is 0 Å². The van der Waals surface area contributed by atoms with Crippen molar-refractivity contribution in [3.8, 4) is 0 Å². The van der Waals surface area contributed by atoms with E-state index in [4.69, 9.17) is 0 Å². The summed E-state index contributed by atoms with van der Waals surface area (Å²) in [5.41, 5.74) is 0.297. The number of carbonyl (C=O) groups excluding carboxylic acids is 2. The van der Waals surface area contributed by atoms with E-state index in [9.17, 15) is 14.7 Å². The molecule has 3 heterocycles. The quantitative estimate of drug-likeness (QED) is 0.871. The molecule has 0 aromatic carbocycles. The van der Waals surface area contributed by atoms with Gasteiger partial charge in [0.05, 0.1) is 18.1 Å². The number of likely N-dealkylation sites (tertiary alicyclic amines) is 2. The fourth-order valence-electron chi connectivity index (χ4n) is 4.34. The highest BCUT2D eigenvalue weighted by Crippen LogP contribution is 2.45. The summed E-state index contributed by atoms with van der Waals surface area (Å²) in [5, 5.41) is 10.7. The van der Waals surface area contributed by atoms with Crippen LogP contribution in [0, 0.1) is 5.41 Å². The second-order valence-corrected chi connectivity index (χ2v) is 8.40. The van der Waals surface area contributed by atoms with Gasteiger partial charge in [-0.1, -0.05) is 6.07 Å². The molecule has 6 nitrogen and oxygen atoms in total. The second-order valence-electron chi connectivity index (χ2n) is 8.40. The second kappa shape index (κ2) is 6.99. The summed E-state index contributed by atoms with van der Waals surface area (Å²) in [4.78, 5) is 32.4. The molecule has 26 heavy (non-hydrogen) atoms. The number of piperidine rings is 2. The molecular weight excluding hydrogens is 330 g/mol. The number of aromatic nitrogens is 1. The van der Waals surface area contributed by atoms with Gasteiger partial charge < -0.3 is 14.9 Å². The van der Waals surface area contributed by atoms with Crippen molar-refractivity contribution in [2.45, 2.75) is 58.1 Å². The fourth-order valence-corrected chi connectivity index (χ4v) is 4.34. The number of pyridine rings is 1. The molecule has 2 aliphatic heterocycles. The van der Waals surface area contributed by atoms with Crippen molar-refractivity contribution in [3.05, 3.63) is 30.1 Å². The molecule has 0 bridgehead atoms. The lowest BCUT2D eigenvalue weighted by Gasteiger charge is -2.55. The lowest BCUT2D eigenvalue weighted by atomic mass is 9.67. The van der Waals surface area contributed by atoms with Crippen LogP contribution in [0.25, 0.3) is 0 Å². The van der Waals surface area contributed by atoms with Gasteiger partial charge in [-0.25, -0.2) is 0 Å². The summed E-state index contributed by atoms with van der Waals surface area (Å²) >= 11 is 0. The molecule has 1 aromatic heterocycles. The lowest BCUT2D eigenvalue weighted by Crippen LogP contribution is -2.64. The molecule has 1 spiro atoms. The number of nitrogens with zero attached hydrogens (tertiary/aromatic N) is 3. The average Bonchev–Trinajstić information content (AvgIpc) is 2.60. The first-order valence-corrected chi connectivity index (χ1v) is 9.36. The molecule has 2 saturated heterocycles. The Hall–Kier alpha value is -1.95. The molecule has 6 heteroatoms. The van der Waals surface area contributed by atoms with Gasteiger partial charge in [-0.15, -0.1) is 0 Å². The van der Waals surface area contributed by atoms with Crippen molar-refractivity contribution in [2.75, 3.05) is 19.6 Å². The molecule has 2 fully saturated rings. The standard InChI is InChI=1S/C20H29N3O3/c1-15(24)23-14-20(12-17(25)19(23,2)3)6-9-22(10-7-20)18(26)11-16-5-4-8-21-13-16/h4-5,8,13,17,25H,6-7,9-12,14H2,1-3H3. The molecule has 1 aromatic rings. The summed E-state index contributed by atoms with van der Waals surface area (Å²) in [6.07, 6.45) is 5.59. The zero-order valence-electron chi connectivity index (χ0n) is 15.9. The first-order chi connectivity index (χ1) is 12.2. The number of rotatable bonds is 2. The SMILES string of the molecule is CC(=O)N1CC2(CCN(C(=O)Cc3cccnc3)CC2)CC(O)C1(C)C. The van der Waals surface area contributed by atoms with Crippen molar-refractivity contribution in [2.24, 2.45) is 5.41 Å². The van der Waals surface area contributed by atoms with Gasteiger partial charge in [0, 0.05) is 39.0 Å². The van der Waals surface area contributed by atoms with Crippen LogP contribution >= 0.6 is 0 Å². The Morgan fingerprint density at radius 3 is 2.58 bits per heavy atom. The molecule has 1 atom stereocenters. The Balaban J connectivity index is 1.64. The smallest absolute Gasteiger partial charge is 0.227 e. The van der Waals surface area contributed by atoms with Gasteiger partial charge in [-0.2, -0.15) is 0 Å². The minimum absolute atomic E-state index is 0.00297. The van der Waals surface area contributed by atoms with Crippen LogP contribution in [-0.2, 0) is 16.0 Å². The van der Waals surface area contributed by atoms with Gasteiger partial charge in [0.2, 0.25) is 11.8 Å². The zero-order valence-corrected chi connectivity index (χ0v) is 15.9. The number of hydrogen-bond donors (Lipinski definition) is 1. The summed E-state index contributed by atoms with van der Waals surface area (Å²) in [5.74, 6) is 0.121. The van der Waals surface area contributed by atoms with Crippen molar-refractivity contribution < 1.29 is 14.7 Å². The normalized spacial score (nSPS) is 24.5. The molecule has 142 valence electrons. The van der Waals surface area contributed by atoms with E-state index in [2.05, 4.69) is 4.98 Å². The Kier molecular flexibility index (Phi) is 5.06. The summed E-state index contributed by atoms with van der Waals surface area (Å²) in [7, 11) is 0. The van der Waals surface area contributed by atoms with E-state index >= 15 is 0 Å². The van der Waals surface area contributed by atoms with Gasteiger partial charge >= 0.3 is 0 Å². The largest absolute Gasteiger partial charge is 0.391 e. The van der Waals surface area contributed by atoms with E-state index in [1.165, 1.54) is 0 Å². The van der Waals surface area contributed by atoms with Crippen LogP contribution in [0.1, 0.15) is 45.6 Å². The maximum atomic E-state index is 12.6. The van der Waals surface area contributed by atoms with Crippen LogP contribution < -0.4 is 0 Å². The van der Waals surface area contributed by atoms with E-state index in [0.717, 1.165) is 18.4 Å². The lowest BCUT2D eigenvalue weighted by molar-refractivity contribution is -0.159. The fraction of sp³-hybridized carbons (Fsp3) is 0.650. The third-order valence-electron chi connectivity index (χ3n) is 6.27. The van der Waals surface area contributed by atoms with Gasteiger partial charge in [-0.3, -0.25) is 14.6 Å². The third-order valence-corrected chi connectivity index (χ3v) is 6.27. The zero-order chi connectivity index (χ0) is 18.9. The van der Waals surface area contributed by atoms with Gasteiger partial charge in [0.25, 0.3) is 0 Å². The number of aliphatic hydroxyl groups is 1. The Labute approximate surface area is 155 Å². The molecular formula is C20H29N3O3. The van der Waals surface area contributed by atoms with Crippen LogP contribution in [0.5, 0.6) is 0 Å². The maximum absolute atomic E-state index is 12.6. The molecule has 0 aliphatic carbocycles. The molecule has 0 radical (unpaired) electrons. The molecule has 1 unspecified atom stereocenters. The van der Waals surface area contributed by atoms with E-state index in [0.29, 0.717) is 32.5 Å². The van der Waals surface area contributed by atoms with E-state index in [-0.39, 0.29) is 17.2 Å². The molecule has 1 N–H and O–H groups in total. The minimum atomic E-state index is -0.544. The number of hydrogen-bond acceptors (Lipinski definition) is 4. The maximum Gasteiger partial charge on any atom is 0.227 e. The monoisotopic (exact) mass is 359 g/mol. The predicted molar refractivity (Wildman–Crippen MR) is 98.3 cm³/mol. The Bertz CT molecular complexity index is 666. The van der Waals surface area contributed by atoms with Gasteiger partial charge in [0.1, 0.15) is 0 Å². The Morgan fingerprint density at radius 1 is 1.31 bits per heavy atom. The highest BCUT2D eigenvalue weighted by atomic mass is 16.3. The first kappa shape index (κ1) is 18.8. The van der Waals surface area contributed by atoms with Crippen molar-refractivity contribution in [3.63, 3.8) is 0 Å². The van der Waals surface area contributed by atoms with Crippen molar-refractivity contribution in [1.29, 1.82) is 0 Å². The highest BCUT2D eigenvalue weighted by molar-refractivity contribution is 5.78. The number of amides is 2. The van der Waals surface area contributed by atoms with Gasteiger partial charge in [-0.05, 0) is 50.2 Å². The minimum Gasteiger partial charge on any atom is -0.391 e. The van der Waals surface area contributed by atoms with Crippen LogP contribution in [-0.4, -0.2) is 63.0 Å². The van der Waals surface area contributed by atoms with Crippen LogP contribution in [0.4, 0.5) is 0 Å². The summed E-state index contributed by atoms with van der Waals surface area (Å²) in [6.45, 7) is 7.45. The molecule has 0 saturated carbocycles. The molecule has 2 aliphatic rings. The van der Waals surface area contributed by atoms with Crippen molar-refractivity contribution >= 4 is 11.8 Å². The summed E-state index contributed by atoms with van der Waals surface area (Å²) in [6, 6.07) is 3.76. The molecule has 3 rings (SSSR count). The van der Waals surface area contributed by atoms with Crippen LogP contribution in [0.15, 0.2) is 24.5 Å². The topological polar surface area (TPSA) is 73.7 Å². The van der Waals surface area contributed by atoms with E-state index < -0.39 is 11.6 Å². The van der Waals surface area contributed by atoms with Gasteiger partial charge in [0.15, 0.2) is 0 Å².